The number of hydrogen-bond donors (Lipinski definition) is 1. The molecular weight excluding hydrogens is 482 g/mol. The zero-order valence-corrected chi connectivity index (χ0v) is 21.8. The highest BCUT2D eigenvalue weighted by molar-refractivity contribution is 6.06. The van der Waals surface area contributed by atoms with E-state index in [2.05, 4.69) is 25.4 Å². The van der Waals surface area contributed by atoms with Crippen LogP contribution < -0.4 is 5.32 Å². The Morgan fingerprint density at radius 3 is 2.50 bits per heavy atom. The van der Waals surface area contributed by atoms with E-state index >= 15 is 0 Å². The number of hydrogen-bond acceptors (Lipinski definition) is 7. The molecular formula is C28H29N7O3. The minimum absolute atomic E-state index is 0.0898. The van der Waals surface area contributed by atoms with Gasteiger partial charge in [0.15, 0.2) is 5.78 Å². The maximum atomic E-state index is 13.6. The standard InChI is InChI=1S/C28H29N7O3/c1-16-6-5-11-29-27(16)32-28(38)24-9-7-17(2)35(24)25(37)15-34-23-10-8-20(21-13-30-19(4)31-14-21)12-22(23)26(33-34)18(3)36/h5-6,8,10-14,17,24H,7,9,15H2,1-4H3,(H,29,32,38). The lowest BCUT2D eigenvalue weighted by Gasteiger charge is -2.28. The quantitative estimate of drug-likeness (QED) is 0.391. The predicted molar refractivity (Wildman–Crippen MR) is 142 cm³/mol. The van der Waals surface area contributed by atoms with E-state index in [1.165, 1.54) is 6.92 Å². The van der Waals surface area contributed by atoms with Gasteiger partial charge in [0.2, 0.25) is 11.8 Å². The predicted octanol–water partition coefficient (Wildman–Crippen LogP) is 3.73. The van der Waals surface area contributed by atoms with Crippen LogP contribution >= 0.6 is 0 Å². The van der Waals surface area contributed by atoms with Crippen molar-refractivity contribution in [3.63, 3.8) is 0 Å². The number of anilines is 1. The van der Waals surface area contributed by atoms with Crippen molar-refractivity contribution >= 4 is 34.3 Å². The number of benzene rings is 1. The lowest BCUT2D eigenvalue weighted by Crippen LogP contribution is -2.47. The number of carbonyl (C=O) groups is 3. The van der Waals surface area contributed by atoms with E-state index < -0.39 is 6.04 Å². The molecule has 0 aliphatic carbocycles. The summed E-state index contributed by atoms with van der Waals surface area (Å²) in [5, 5.41) is 8.03. The lowest BCUT2D eigenvalue weighted by molar-refractivity contribution is -0.139. The fourth-order valence-electron chi connectivity index (χ4n) is 4.97. The Hall–Kier alpha value is -4.47. The van der Waals surface area contributed by atoms with E-state index in [1.807, 2.05) is 45.0 Å². The number of Topliss-reactive ketones (excluding diaryl/α,β-unsaturated/α-hetero) is 1. The highest BCUT2D eigenvalue weighted by atomic mass is 16.2. The monoisotopic (exact) mass is 511 g/mol. The number of aromatic nitrogens is 5. The van der Waals surface area contributed by atoms with E-state index in [-0.39, 0.29) is 35.9 Å². The van der Waals surface area contributed by atoms with Gasteiger partial charge < -0.3 is 10.2 Å². The van der Waals surface area contributed by atoms with Crippen molar-refractivity contribution in [3.05, 3.63) is 66.0 Å². The Bertz CT molecular complexity index is 1540. The fraction of sp³-hybridized carbons (Fsp3) is 0.321. The maximum absolute atomic E-state index is 13.6. The maximum Gasteiger partial charge on any atom is 0.248 e. The first kappa shape index (κ1) is 25.2. The third-order valence-corrected chi connectivity index (χ3v) is 6.99. The summed E-state index contributed by atoms with van der Waals surface area (Å²) in [7, 11) is 0. The van der Waals surface area contributed by atoms with Gasteiger partial charge in [-0.15, -0.1) is 0 Å². The van der Waals surface area contributed by atoms with Gasteiger partial charge in [-0.3, -0.25) is 19.1 Å². The molecule has 10 nitrogen and oxygen atoms in total. The molecule has 1 aliphatic heterocycles. The number of pyridine rings is 1. The first-order valence-electron chi connectivity index (χ1n) is 12.6. The number of aryl methyl sites for hydroxylation is 2. The van der Waals surface area contributed by atoms with Gasteiger partial charge in [-0.05, 0) is 62.9 Å². The Kier molecular flexibility index (Phi) is 6.71. The van der Waals surface area contributed by atoms with Gasteiger partial charge in [-0.2, -0.15) is 5.10 Å². The van der Waals surface area contributed by atoms with E-state index in [4.69, 9.17) is 0 Å². The molecule has 0 radical (unpaired) electrons. The summed E-state index contributed by atoms with van der Waals surface area (Å²) in [4.78, 5) is 53.6. The highest BCUT2D eigenvalue weighted by Gasteiger charge is 2.39. The van der Waals surface area contributed by atoms with Gasteiger partial charge in [0, 0.05) is 42.5 Å². The molecule has 5 rings (SSSR count). The van der Waals surface area contributed by atoms with E-state index in [9.17, 15) is 14.4 Å². The van der Waals surface area contributed by atoms with Crippen LogP contribution in [-0.4, -0.2) is 59.3 Å². The summed E-state index contributed by atoms with van der Waals surface area (Å²) in [6.07, 6.45) is 6.36. The zero-order valence-electron chi connectivity index (χ0n) is 21.8. The van der Waals surface area contributed by atoms with Crippen LogP contribution in [0.5, 0.6) is 0 Å². The van der Waals surface area contributed by atoms with Crippen LogP contribution in [0.15, 0.2) is 48.9 Å². The topological polar surface area (TPSA) is 123 Å². The molecule has 3 aromatic heterocycles. The Morgan fingerprint density at radius 1 is 1.03 bits per heavy atom. The Labute approximate surface area is 220 Å². The van der Waals surface area contributed by atoms with Gasteiger partial charge >= 0.3 is 0 Å². The molecule has 2 unspecified atom stereocenters. The molecule has 2 amide bonds. The zero-order chi connectivity index (χ0) is 27.0. The van der Waals surface area contributed by atoms with Crippen molar-refractivity contribution in [2.75, 3.05) is 5.32 Å². The van der Waals surface area contributed by atoms with Crippen molar-refractivity contribution in [3.8, 4) is 11.1 Å². The van der Waals surface area contributed by atoms with Crippen molar-refractivity contribution < 1.29 is 14.4 Å². The minimum Gasteiger partial charge on any atom is -0.326 e. The summed E-state index contributed by atoms with van der Waals surface area (Å²) >= 11 is 0. The molecule has 0 spiro atoms. The first-order valence-corrected chi connectivity index (χ1v) is 12.6. The molecule has 4 aromatic rings. The molecule has 0 bridgehead atoms. The second-order valence-electron chi connectivity index (χ2n) is 9.71. The summed E-state index contributed by atoms with van der Waals surface area (Å²) in [5.74, 6) is 0.468. The van der Waals surface area contributed by atoms with Gasteiger partial charge in [-0.25, -0.2) is 15.0 Å². The summed E-state index contributed by atoms with van der Waals surface area (Å²) in [6, 6.07) is 8.57. The second-order valence-corrected chi connectivity index (χ2v) is 9.71. The smallest absolute Gasteiger partial charge is 0.248 e. The van der Waals surface area contributed by atoms with Crippen LogP contribution in [0, 0.1) is 13.8 Å². The average molecular weight is 512 g/mol. The number of rotatable bonds is 6. The lowest BCUT2D eigenvalue weighted by atomic mass is 10.0. The number of fused-ring (bicyclic) bond motifs is 1. The van der Waals surface area contributed by atoms with Gasteiger partial charge in [0.05, 0.1) is 5.52 Å². The molecule has 1 aromatic carbocycles. The van der Waals surface area contributed by atoms with Gasteiger partial charge in [0.25, 0.3) is 0 Å². The largest absolute Gasteiger partial charge is 0.326 e. The summed E-state index contributed by atoms with van der Waals surface area (Å²) < 4.78 is 1.55. The van der Waals surface area contributed by atoms with Crippen LogP contribution in [0.2, 0.25) is 0 Å². The number of ketones is 1. The van der Waals surface area contributed by atoms with Crippen LogP contribution in [0.1, 0.15) is 48.6 Å². The normalized spacial score (nSPS) is 17.1. The van der Waals surface area contributed by atoms with Crippen molar-refractivity contribution in [1.82, 2.24) is 29.6 Å². The SMILES string of the molecule is CC(=O)c1nn(CC(=O)N2C(C)CCC2C(=O)Nc2ncccc2C)c2ccc(-c3cnc(C)nc3)cc12. The Morgan fingerprint density at radius 2 is 1.79 bits per heavy atom. The van der Waals surface area contributed by atoms with E-state index in [0.717, 1.165) is 16.7 Å². The van der Waals surface area contributed by atoms with Gasteiger partial charge in [-0.1, -0.05) is 12.1 Å². The van der Waals surface area contributed by atoms with E-state index in [1.54, 1.807) is 34.2 Å². The fourth-order valence-corrected chi connectivity index (χ4v) is 4.97. The molecule has 0 saturated carbocycles. The van der Waals surface area contributed by atoms with Crippen LogP contribution in [0.3, 0.4) is 0 Å². The van der Waals surface area contributed by atoms with Gasteiger partial charge in [0.1, 0.15) is 29.9 Å². The number of nitrogens with zero attached hydrogens (tertiary/aromatic N) is 6. The first-order chi connectivity index (χ1) is 18.2. The summed E-state index contributed by atoms with van der Waals surface area (Å²) in [6.45, 7) is 6.99. The molecule has 10 heteroatoms. The van der Waals surface area contributed by atoms with Crippen LogP contribution in [0.25, 0.3) is 22.0 Å². The highest BCUT2D eigenvalue weighted by Crippen LogP contribution is 2.29. The second kappa shape index (κ2) is 10.1. The average Bonchev–Trinajstić information content (AvgIpc) is 3.46. The number of carbonyl (C=O) groups excluding carboxylic acids is 3. The number of amides is 2. The minimum atomic E-state index is -0.610. The molecule has 2 atom stereocenters. The van der Waals surface area contributed by atoms with E-state index in [0.29, 0.717) is 35.4 Å². The third-order valence-electron chi connectivity index (χ3n) is 6.99. The van der Waals surface area contributed by atoms with Crippen LogP contribution in [0.4, 0.5) is 5.82 Å². The number of nitrogens with one attached hydrogen (secondary N) is 1. The molecule has 1 aliphatic rings. The number of likely N-dealkylation sites (tertiary alicyclic amines) is 1. The third kappa shape index (κ3) is 4.77. The van der Waals surface area contributed by atoms with Crippen molar-refractivity contribution in [1.29, 1.82) is 0 Å². The Balaban J connectivity index is 1.42. The molecule has 1 N–H and O–H groups in total. The molecule has 4 heterocycles. The molecule has 194 valence electrons. The molecule has 1 fully saturated rings. The molecule has 38 heavy (non-hydrogen) atoms. The van der Waals surface area contributed by atoms with Crippen molar-refractivity contribution in [2.24, 2.45) is 0 Å². The molecule has 1 saturated heterocycles. The summed E-state index contributed by atoms with van der Waals surface area (Å²) in [5.41, 5.74) is 3.47. The van der Waals surface area contributed by atoms with Crippen molar-refractivity contribution in [2.45, 2.75) is 59.2 Å². The van der Waals surface area contributed by atoms with Crippen LogP contribution in [-0.2, 0) is 16.1 Å².